The number of aryl methyl sites for hydroxylation is 1. The van der Waals surface area contributed by atoms with Crippen molar-refractivity contribution in [2.24, 2.45) is 0 Å². The molecule has 0 aliphatic carbocycles. The van der Waals surface area contributed by atoms with Crippen LogP contribution in [0.2, 0.25) is 5.02 Å². The first-order valence-corrected chi connectivity index (χ1v) is 7.72. The molecule has 0 saturated heterocycles. The number of hydrogen-bond donors (Lipinski definition) is 1. The first-order valence-electron chi connectivity index (χ1n) is 7.34. The van der Waals surface area contributed by atoms with Gasteiger partial charge in [0.25, 0.3) is 0 Å². The smallest absolute Gasteiger partial charge is 0.356 e. The summed E-state index contributed by atoms with van der Waals surface area (Å²) in [6.07, 6.45) is 1.64. The van der Waals surface area contributed by atoms with Crippen molar-refractivity contribution in [2.75, 3.05) is 12.4 Å². The van der Waals surface area contributed by atoms with Crippen LogP contribution >= 0.6 is 11.6 Å². The second kappa shape index (κ2) is 5.35. The van der Waals surface area contributed by atoms with Gasteiger partial charge in [0, 0.05) is 23.7 Å². The van der Waals surface area contributed by atoms with Crippen molar-refractivity contribution in [3.8, 4) is 5.82 Å². The van der Waals surface area contributed by atoms with Gasteiger partial charge in [0.1, 0.15) is 16.9 Å². The quantitative estimate of drug-likeness (QED) is 0.604. The van der Waals surface area contributed by atoms with Crippen molar-refractivity contribution in [1.82, 2.24) is 14.5 Å². The Labute approximate surface area is 141 Å². The fourth-order valence-corrected chi connectivity index (χ4v) is 2.98. The Bertz CT molecular complexity index is 1150. The Morgan fingerprint density at radius 3 is 2.88 bits per heavy atom. The predicted molar refractivity (Wildman–Crippen MR) is 94.2 cm³/mol. The molecule has 0 aliphatic rings. The molecule has 0 fully saturated rings. The molecule has 0 saturated carbocycles. The summed E-state index contributed by atoms with van der Waals surface area (Å²) in [4.78, 5) is 21.1. The van der Waals surface area contributed by atoms with E-state index in [2.05, 4.69) is 15.3 Å². The third-order valence-corrected chi connectivity index (χ3v) is 4.13. The van der Waals surface area contributed by atoms with Gasteiger partial charge in [-0.2, -0.15) is 4.98 Å². The predicted octanol–water partition coefficient (Wildman–Crippen LogP) is 3.53. The maximum atomic E-state index is 12.7. The molecule has 120 valence electrons. The van der Waals surface area contributed by atoms with Crippen LogP contribution in [0.15, 0.2) is 45.7 Å². The monoisotopic (exact) mass is 340 g/mol. The van der Waals surface area contributed by atoms with Gasteiger partial charge in [0.15, 0.2) is 11.4 Å². The molecule has 0 atom stereocenters. The van der Waals surface area contributed by atoms with Gasteiger partial charge >= 0.3 is 5.69 Å². The third kappa shape index (κ3) is 2.07. The van der Waals surface area contributed by atoms with Crippen LogP contribution in [-0.2, 0) is 0 Å². The van der Waals surface area contributed by atoms with Crippen molar-refractivity contribution in [3.63, 3.8) is 0 Å². The number of nitrogens with one attached hydrogen (secondary N) is 1. The average Bonchev–Trinajstić information content (AvgIpc) is 2.94. The summed E-state index contributed by atoms with van der Waals surface area (Å²) in [6, 6.07) is 9.00. The average molecular weight is 341 g/mol. The van der Waals surface area contributed by atoms with E-state index < -0.39 is 5.69 Å². The van der Waals surface area contributed by atoms with Crippen LogP contribution in [0.4, 0.5) is 5.82 Å². The van der Waals surface area contributed by atoms with E-state index in [1.54, 1.807) is 31.4 Å². The molecule has 0 bridgehead atoms. The number of hydrogen-bond acceptors (Lipinski definition) is 5. The molecule has 24 heavy (non-hydrogen) atoms. The molecule has 1 aromatic carbocycles. The largest absolute Gasteiger partial charge is 0.450 e. The van der Waals surface area contributed by atoms with E-state index in [1.165, 1.54) is 4.57 Å². The maximum absolute atomic E-state index is 12.7. The lowest BCUT2D eigenvalue weighted by molar-refractivity contribution is 0.664. The fraction of sp³-hybridized carbons (Fsp3) is 0.118. The second-order valence-corrected chi connectivity index (χ2v) is 5.83. The molecular formula is C17H13ClN4O2. The van der Waals surface area contributed by atoms with Gasteiger partial charge in [-0.25, -0.2) is 14.3 Å². The molecule has 0 spiro atoms. The molecule has 6 nitrogen and oxygen atoms in total. The van der Waals surface area contributed by atoms with E-state index in [4.69, 9.17) is 16.0 Å². The third-order valence-electron chi connectivity index (χ3n) is 3.89. The van der Waals surface area contributed by atoms with Gasteiger partial charge in [-0.05, 0) is 36.8 Å². The molecule has 3 aromatic heterocycles. The minimum absolute atomic E-state index is 0.382. The Morgan fingerprint density at radius 2 is 2.12 bits per heavy atom. The summed E-state index contributed by atoms with van der Waals surface area (Å²) in [5.74, 6) is 0.900. The zero-order valence-electron chi connectivity index (χ0n) is 13.0. The van der Waals surface area contributed by atoms with Gasteiger partial charge in [0.05, 0.1) is 0 Å². The fourth-order valence-electron chi connectivity index (χ4n) is 2.81. The summed E-state index contributed by atoms with van der Waals surface area (Å²) in [6.45, 7) is 1.89. The normalized spacial score (nSPS) is 11.3. The van der Waals surface area contributed by atoms with Gasteiger partial charge in [-0.3, -0.25) is 0 Å². The number of rotatable bonds is 2. The maximum Gasteiger partial charge on any atom is 0.356 e. The highest BCUT2D eigenvalue weighted by Gasteiger charge is 2.20. The van der Waals surface area contributed by atoms with Crippen molar-refractivity contribution >= 4 is 39.5 Å². The van der Waals surface area contributed by atoms with Gasteiger partial charge < -0.3 is 9.73 Å². The number of furan rings is 1. The number of anilines is 1. The van der Waals surface area contributed by atoms with Crippen LogP contribution in [0, 0.1) is 6.92 Å². The van der Waals surface area contributed by atoms with Crippen molar-refractivity contribution in [2.45, 2.75) is 6.92 Å². The van der Waals surface area contributed by atoms with E-state index in [9.17, 15) is 4.79 Å². The van der Waals surface area contributed by atoms with Crippen LogP contribution in [0.1, 0.15) is 5.56 Å². The minimum atomic E-state index is -0.434. The molecule has 0 amide bonds. The first-order chi connectivity index (χ1) is 11.6. The summed E-state index contributed by atoms with van der Waals surface area (Å²) in [5, 5.41) is 4.20. The zero-order valence-corrected chi connectivity index (χ0v) is 13.8. The van der Waals surface area contributed by atoms with Gasteiger partial charge in [0.2, 0.25) is 0 Å². The Morgan fingerprint density at radius 1 is 1.29 bits per heavy atom. The minimum Gasteiger partial charge on any atom is -0.450 e. The molecule has 0 aliphatic heterocycles. The number of benzene rings is 1. The lowest BCUT2D eigenvalue weighted by atomic mass is 10.2. The van der Waals surface area contributed by atoms with Crippen LogP contribution in [0.5, 0.6) is 0 Å². The number of halogens is 1. The highest BCUT2D eigenvalue weighted by atomic mass is 35.5. The molecular weight excluding hydrogens is 328 g/mol. The van der Waals surface area contributed by atoms with E-state index in [-0.39, 0.29) is 0 Å². The number of fused-ring (bicyclic) bond motifs is 3. The van der Waals surface area contributed by atoms with Crippen molar-refractivity contribution in [1.29, 1.82) is 0 Å². The number of nitrogens with zero attached hydrogens (tertiary/aromatic N) is 3. The summed E-state index contributed by atoms with van der Waals surface area (Å²) in [7, 11) is 1.69. The zero-order chi connectivity index (χ0) is 16.8. The van der Waals surface area contributed by atoms with Gasteiger partial charge in [-0.1, -0.05) is 17.7 Å². The molecule has 4 aromatic rings. The molecule has 3 heterocycles. The SMILES string of the molecule is CNc1nc(=O)n(-c2ncccc2C)c2c1oc1ccc(Cl)cc12. The highest BCUT2D eigenvalue weighted by Crippen LogP contribution is 2.34. The van der Waals surface area contributed by atoms with E-state index in [1.807, 2.05) is 19.1 Å². The number of aromatic nitrogens is 3. The summed E-state index contributed by atoms with van der Waals surface area (Å²) < 4.78 is 7.38. The van der Waals surface area contributed by atoms with E-state index >= 15 is 0 Å². The summed E-state index contributed by atoms with van der Waals surface area (Å²) >= 11 is 6.14. The summed E-state index contributed by atoms with van der Waals surface area (Å²) in [5.41, 5.74) is 2.13. The lowest BCUT2D eigenvalue weighted by Crippen LogP contribution is -2.24. The number of pyridine rings is 1. The van der Waals surface area contributed by atoms with Crippen LogP contribution < -0.4 is 11.0 Å². The van der Waals surface area contributed by atoms with Crippen LogP contribution in [0.3, 0.4) is 0 Å². The van der Waals surface area contributed by atoms with Crippen molar-refractivity contribution in [3.05, 3.63) is 57.6 Å². The molecule has 4 rings (SSSR count). The Hall–Kier alpha value is -2.86. The standard InChI is InChI=1S/C17H13ClN4O2/c1-9-4-3-7-20-16(9)22-13-11-8-10(18)5-6-12(11)24-14(13)15(19-2)21-17(22)23/h3-8H,1-2H3,(H,19,21,23). The first kappa shape index (κ1) is 14.7. The van der Waals surface area contributed by atoms with E-state index in [0.717, 1.165) is 10.9 Å². The lowest BCUT2D eigenvalue weighted by Gasteiger charge is -2.10. The molecule has 7 heteroatoms. The van der Waals surface area contributed by atoms with Crippen molar-refractivity contribution < 1.29 is 4.42 Å². The van der Waals surface area contributed by atoms with Gasteiger partial charge in [-0.15, -0.1) is 0 Å². The topological polar surface area (TPSA) is 73.0 Å². The van der Waals surface area contributed by atoms with Crippen LogP contribution in [0.25, 0.3) is 27.9 Å². The molecule has 1 N–H and O–H groups in total. The molecule has 0 unspecified atom stereocenters. The van der Waals surface area contributed by atoms with E-state index in [0.29, 0.717) is 33.3 Å². The Balaban J connectivity index is 2.27. The molecule has 0 radical (unpaired) electrons. The second-order valence-electron chi connectivity index (χ2n) is 5.39. The highest BCUT2D eigenvalue weighted by molar-refractivity contribution is 6.31. The Kier molecular flexibility index (Phi) is 3.28. The van der Waals surface area contributed by atoms with Crippen LogP contribution in [-0.4, -0.2) is 21.6 Å².